The number of nitrogens with one attached hydrogen (secondary N) is 1. The van der Waals surface area contributed by atoms with Crippen LogP contribution in [-0.4, -0.2) is 33.9 Å². The lowest BCUT2D eigenvalue weighted by Gasteiger charge is -2.19. The molecular weight excluding hydrogens is 266 g/mol. The first-order valence-electron chi connectivity index (χ1n) is 7.32. The minimum absolute atomic E-state index is 0.124. The number of amides is 3. The minimum Gasteiger partial charge on any atom is -0.361 e. The van der Waals surface area contributed by atoms with E-state index >= 15 is 0 Å². The summed E-state index contributed by atoms with van der Waals surface area (Å²) in [6, 6.07) is 5.60. The van der Waals surface area contributed by atoms with Gasteiger partial charge < -0.3 is 9.88 Å². The minimum atomic E-state index is -0.358. The molecule has 2 aromatic rings. The fourth-order valence-corrected chi connectivity index (χ4v) is 3.17. The number of nitrogens with zero attached hydrogens (tertiary/aromatic N) is 2. The summed E-state index contributed by atoms with van der Waals surface area (Å²) in [7, 11) is 0. The highest BCUT2D eigenvalue weighted by atomic mass is 16.2. The van der Waals surface area contributed by atoms with Gasteiger partial charge in [-0.05, 0) is 55.8 Å². The van der Waals surface area contributed by atoms with Gasteiger partial charge in [0.25, 0.3) is 5.91 Å². The molecule has 1 unspecified atom stereocenters. The zero-order valence-electron chi connectivity index (χ0n) is 12.1. The molecule has 1 aromatic carbocycles. The summed E-state index contributed by atoms with van der Waals surface area (Å²) in [5, 5.41) is 1.09. The van der Waals surface area contributed by atoms with E-state index in [1.165, 1.54) is 4.90 Å². The normalized spacial score (nSPS) is 22.7. The molecule has 0 radical (unpaired) electrons. The molecule has 1 aliphatic heterocycles. The lowest BCUT2D eigenvalue weighted by molar-refractivity contribution is -0.119. The van der Waals surface area contributed by atoms with Crippen LogP contribution in [-0.2, 0) is 4.79 Å². The van der Waals surface area contributed by atoms with E-state index in [1.54, 1.807) is 4.90 Å². The third kappa shape index (κ3) is 1.70. The van der Waals surface area contributed by atoms with Gasteiger partial charge >= 0.3 is 6.03 Å². The summed E-state index contributed by atoms with van der Waals surface area (Å²) in [6.07, 6.45) is 3.87. The Hall–Kier alpha value is -2.30. The van der Waals surface area contributed by atoms with Gasteiger partial charge in [-0.25, -0.2) is 9.69 Å². The molecule has 0 bridgehead atoms. The molecule has 1 aromatic heterocycles. The molecule has 0 spiro atoms. The first kappa shape index (κ1) is 12.4. The summed E-state index contributed by atoms with van der Waals surface area (Å²) in [5.74, 6) is -0.124. The van der Waals surface area contributed by atoms with Crippen molar-refractivity contribution in [3.63, 3.8) is 0 Å². The summed E-state index contributed by atoms with van der Waals surface area (Å²) >= 11 is 0. The summed E-state index contributed by atoms with van der Waals surface area (Å²) < 4.78 is 0. The van der Waals surface area contributed by atoms with Crippen LogP contribution in [0.15, 0.2) is 24.4 Å². The topological polar surface area (TPSA) is 56.4 Å². The molecule has 1 saturated heterocycles. The molecule has 108 valence electrons. The van der Waals surface area contributed by atoms with Crippen LogP contribution in [0.4, 0.5) is 10.5 Å². The number of imide groups is 1. The quantitative estimate of drug-likeness (QED) is 0.862. The Labute approximate surface area is 122 Å². The van der Waals surface area contributed by atoms with E-state index in [0.717, 1.165) is 29.3 Å². The Morgan fingerprint density at radius 3 is 2.71 bits per heavy atom. The average Bonchev–Trinajstić information content (AvgIpc) is 3.13. The lowest BCUT2D eigenvalue weighted by atomic mass is 10.1. The Kier molecular flexibility index (Phi) is 2.43. The summed E-state index contributed by atoms with van der Waals surface area (Å²) in [6.45, 7) is 3.76. The number of carbonyl (C=O) groups is 2. The third-order valence-electron chi connectivity index (χ3n) is 4.46. The predicted octanol–water partition coefficient (Wildman–Crippen LogP) is 2.80. The highest BCUT2D eigenvalue weighted by Gasteiger charge is 2.49. The van der Waals surface area contributed by atoms with Crippen LogP contribution >= 0.6 is 0 Å². The van der Waals surface area contributed by atoms with Crippen molar-refractivity contribution in [2.24, 2.45) is 0 Å². The molecule has 2 fully saturated rings. The number of urea groups is 1. The van der Waals surface area contributed by atoms with Crippen LogP contribution in [0.25, 0.3) is 10.9 Å². The molecule has 4 rings (SSSR count). The number of aromatic nitrogens is 1. The van der Waals surface area contributed by atoms with Crippen LogP contribution in [0, 0.1) is 6.92 Å². The number of aromatic amines is 1. The molecular formula is C16H17N3O2. The Balaban J connectivity index is 1.81. The standard InChI is InChI=1S/C16H17N3O2/c1-9-7-11-5-6-17-13(11)8-14(9)19-15(20)10(2)18(16(19)21)12-3-4-12/h5-8,10,12,17H,3-4H2,1-2H3. The van der Waals surface area contributed by atoms with E-state index in [9.17, 15) is 9.59 Å². The molecule has 1 aliphatic carbocycles. The first-order valence-corrected chi connectivity index (χ1v) is 7.32. The van der Waals surface area contributed by atoms with Crippen molar-refractivity contribution in [3.8, 4) is 0 Å². The summed E-state index contributed by atoms with van der Waals surface area (Å²) in [5.41, 5.74) is 2.57. The molecule has 2 heterocycles. The number of hydrogen-bond donors (Lipinski definition) is 1. The van der Waals surface area contributed by atoms with E-state index in [0.29, 0.717) is 5.69 Å². The molecule has 2 aliphatic rings. The van der Waals surface area contributed by atoms with Crippen molar-refractivity contribution < 1.29 is 9.59 Å². The number of anilines is 1. The zero-order valence-corrected chi connectivity index (χ0v) is 12.1. The van der Waals surface area contributed by atoms with Gasteiger partial charge in [0.1, 0.15) is 6.04 Å². The van der Waals surface area contributed by atoms with Gasteiger partial charge in [-0.15, -0.1) is 0 Å². The molecule has 1 atom stereocenters. The van der Waals surface area contributed by atoms with Gasteiger partial charge in [-0.1, -0.05) is 0 Å². The van der Waals surface area contributed by atoms with Gasteiger partial charge in [0.2, 0.25) is 0 Å². The molecule has 1 saturated carbocycles. The van der Waals surface area contributed by atoms with Crippen LogP contribution in [0.3, 0.4) is 0 Å². The zero-order chi connectivity index (χ0) is 14.7. The number of hydrogen-bond acceptors (Lipinski definition) is 2. The highest BCUT2D eigenvalue weighted by Crippen LogP contribution is 2.37. The van der Waals surface area contributed by atoms with Crippen molar-refractivity contribution in [1.29, 1.82) is 0 Å². The fourth-order valence-electron chi connectivity index (χ4n) is 3.17. The second-order valence-corrected chi connectivity index (χ2v) is 5.97. The SMILES string of the molecule is Cc1cc2cc[nH]c2cc1N1C(=O)C(C)N(C2CC2)C1=O. The Morgan fingerprint density at radius 1 is 1.24 bits per heavy atom. The highest BCUT2D eigenvalue weighted by molar-refractivity contribution is 6.22. The number of H-pyrrole nitrogens is 1. The van der Waals surface area contributed by atoms with Crippen molar-refractivity contribution in [2.75, 3.05) is 4.90 Å². The Morgan fingerprint density at radius 2 is 2.00 bits per heavy atom. The van der Waals surface area contributed by atoms with Gasteiger partial charge in [0.15, 0.2) is 0 Å². The van der Waals surface area contributed by atoms with E-state index in [2.05, 4.69) is 4.98 Å². The van der Waals surface area contributed by atoms with Crippen molar-refractivity contribution in [2.45, 2.75) is 38.8 Å². The van der Waals surface area contributed by atoms with Crippen molar-refractivity contribution in [1.82, 2.24) is 9.88 Å². The Bertz CT molecular complexity index is 760. The molecule has 5 heteroatoms. The van der Waals surface area contributed by atoms with Crippen LogP contribution in [0.1, 0.15) is 25.3 Å². The summed E-state index contributed by atoms with van der Waals surface area (Å²) in [4.78, 5) is 31.4. The van der Waals surface area contributed by atoms with Crippen LogP contribution < -0.4 is 4.90 Å². The van der Waals surface area contributed by atoms with Crippen LogP contribution in [0.2, 0.25) is 0 Å². The second-order valence-electron chi connectivity index (χ2n) is 5.97. The third-order valence-corrected chi connectivity index (χ3v) is 4.46. The van der Waals surface area contributed by atoms with Gasteiger partial charge in [0.05, 0.1) is 5.69 Å². The largest absolute Gasteiger partial charge is 0.361 e. The van der Waals surface area contributed by atoms with E-state index in [-0.39, 0.29) is 24.0 Å². The number of carbonyl (C=O) groups excluding carboxylic acids is 2. The smallest absolute Gasteiger partial charge is 0.332 e. The van der Waals surface area contributed by atoms with E-state index < -0.39 is 0 Å². The van der Waals surface area contributed by atoms with E-state index in [4.69, 9.17) is 0 Å². The average molecular weight is 283 g/mol. The maximum atomic E-state index is 12.7. The van der Waals surface area contributed by atoms with Crippen LogP contribution in [0.5, 0.6) is 0 Å². The molecule has 5 nitrogen and oxygen atoms in total. The van der Waals surface area contributed by atoms with Gasteiger partial charge in [-0.3, -0.25) is 4.79 Å². The van der Waals surface area contributed by atoms with Crippen molar-refractivity contribution in [3.05, 3.63) is 30.0 Å². The first-order chi connectivity index (χ1) is 10.1. The molecule has 1 N–H and O–H groups in total. The number of rotatable bonds is 2. The molecule has 21 heavy (non-hydrogen) atoms. The maximum absolute atomic E-state index is 12.7. The second kappa shape index (κ2) is 4.10. The van der Waals surface area contributed by atoms with Crippen molar-refractivity contribution >= 4 is 28.5 Å². The van der Waals surface area contributed by atoms with E-state index in [1.807, 2.05) is 38.2 Å². The maximum Gasteiger partial charge on any atom is 0.332 e. The number of benzene rings is 1. The molecule has 3 amide bonds. The van der Waals surface area contributed by atoms with Gasteiger partial charge in [-0.2, -0.15) is 0 Å². The van der Waals surface area contributed by atoms with Gasteiger partial charge in [0, 0.05) is 17.8 Å². The lowest BCUT2D eigenvalue weighted by Crippen LogP contribution is -2.35. The number of fused-ring (bicyclic) bond motifs is 1. The monoisotopic (exact) mass is 283 g/mol. The predicted molar refractivity (Wildman–Crippen MR) is 80.2 cm³/mol. The fraction of sp³-hybridized carbons (Fsp3) is 0.375. The number of aryl methyl sites for hydroxylation is 1.